The summed E-state index contributed by atoms with van der Waals surface area (Å²) in [5.74, 6) is 0.972. The molecule has 1 fully saturated rings. The molecule has 2 heterocycles. The van der Waals surface area contributed by atoms with Gasteiger partial charge in [-0.3, -0.25) is 4.90 Å². The fourth-order valence-electron chi connectivity index (χ4n) is 2.52. The summed E-state index contributed by atoms with van der Waals surface area (Å²) < 4.78 is 5.41. The first-order valence-electron chi connectivity index (χ1n) is 6.28. The van der Waals surface area contributed by atoms with Crippen molar-refractivity contribution in [1.82, 2.24) is 9.80 Å². The molecule has 2 rings (SSSR count). The summed E-state index contributed by atoms with van der Waals surface area (Å²) in [6, 6.07) is 4.58. The fraction of sp³-hybridized carbons (Fsp3) is 0.692. The average Bonchev–Trinajstić information content (AvgIpc) is 2.78. The number of nitrogens with zero attached hydrogens (tertiary/aromatic N) is 2. The highest BCUT2D eigenvalue weighted by molar-refractivity contribution is 4.99. The van der Waals surface area contributed by atoms with E-state index in [4.69, 9.17) is 4.42 Å². The highest BCUT2D eigenvalue weighted by atomic mass is 16.3. The van der Waals surface area contributed by atoms with E-state index in [1.165, 1.54) is 0 Å². The molecule has 0 aromatic carbocycles. The summed E-state index contributed by atoms with van der Waals surface area (Å²) in [5.41, 5.74) is 0. The molecule has 1 aromatic heterocycles. The van der Waals surface area contributed by atoms with Gasteiger partial charge in [0, 0.05) is 18.6 Å². The van der Waals surface area contributed by atoms with Crippen molar-refractivity contribution >= 4 is 0 Å². The SMILES string of the molecule is CC1CCN(C)CC(CO)N1Cc1ccco1. The van der Waals surface area contributed by atoms with Crippen LogP contribution in [-0.4, -0.2) is 53.7 Å². The molecule has 17 heavy (non-hydrogen) atoms. The monoisotopic (exact) mass is 238 g/mol. The number of hydrogen-bond donors (Lipinski definition) is 1. The maximum Gasteiger partial charge on any atom is 0.117 e. The van der Waals surface area contributed by atoms with Gasteiger partial charge < -0.3 is 14.4 Å². The number of rotatable bonds is 3. The smallest absolute Gasteiger partial charge is 0.117 e. The zero-order chi connectivity index (χ0) is 12.3. The molecule has 0 bridgehead atoms. The Labute approximate surface area is 103 Å². The average molecular weight is 238 g/mol. The lowest BCUT2D eigenvalue weighted by Gasteiger charge is -2.32. The van der Waals surface area contributed by atoms with Crippen molar-refractivity contribution in [3.8, 4) is 0 Å². The Kier molecular flexibility index (Phi) is 4.20. The van der Waals surface area contributed by atoms with E-state index in [-0.39, 0.29) is 12.6 Å². The van der Waals surface area contributed by atoms with Gasteiger partial charge in [-0.1, -0.05) is 0 Å². The van der Waals surface area contributed by atoms with E-state index in [1.807, 2.05) is 12.1 Å². The van der Waals surface area contributed by atoms with Gasteiger partial charge in [0.25, 0.3) is 0 Å². The largest absolute Gasteiger partial charge is 0.468 e. The molecule has 4 nitrogen and oxygen atoms in total. The predicted octanol–water partition coefficient (Wildman–Crippen LogP) is 1.17. The Balaban J connectivity index is 2.09. The Hall–Kier alpha value is -0.840. The predicted molar refractivity (Wildman–Crippen MR) is 66.7 cm³/mol. The van der Waals surface area contributed by atoms with Crippen LogP contribution in [0.1, 0.15) is 19.1 Å². The third-order valence-electron chi connectivity index (χ3n) is 3.62. The van der Waals surface area contributed by atoms with Crippen molar-refractivity contribution in [2.45, 2.75) is 32.0 Å². The Morgan fingerprint density at radius 1 is 1.53 bits per heavy atom. The fourth-order valence-corrected chi connectivity index (χ4v) is 2.52. The lowest BCUT2D eigenvalue weighted by molar-refractivity contribution is 0.0767. The number of aliphatic hydroxyl groups excluding tert-OH is 1. The van der Waals surface area contributed by atoms with Crippen LogP contribution >= 0.6 is 0 Å². The van der Waals surface area contributed by atoms with Crippen LogP contribution < -0.4 is 0 Å². The van der Waals surface area contributed by atoms with Crippen molar-refractivity contribution in [2.24, 2.45) is 0 Å². The molecule has 0 spiro atoms. The van der Waals surface area contributed by atoms with Gasteiger partial charge in [-0.25, -0.2) is 0 Å². The summed E-state index contributed by atoms with van der Waals surface area (Å²) >= 11 is 0. The molecule has 2 unspecified atom stereocenters. The van der Waals surface area contributed by atoms with E-state index in [0.29, 0.717) is 6.04 Å². The third-order valence-corrected chi connectivity index (χ3v) is 3.62. The van der Waals surface area contributed by atoms with Gasteiger partial charge in [-0.2, -0.15) is 0 Å². The first-order valence-corrected chi connectivity index (χ1v) is 6.28. The standard InChI is InChI=1S/C13H22N2O2/c1-11-5-6-14(2)8-12(10-16)15(11)9-13-4-3-7-17-13/h3-4,7,11-12,16H,5-6,8-10H2,1-2H3. The maximum absolute atomic E-state index is 9.55. The topological polar surface area (TPSA) is 39.9 Å². The van der Waals surface area contributed by atoms with Gasteiger partial charge in [0.1, 0.15) is 5.76 Å². The molecular weight excluding hydrogens is 216 g/mol. The van der Waals surface area contributed by atoms with E-state index in [1.54, 1.807) is 6.26 Å². The number of likely N-dealkylation sites (N-methyl/N-ethyl adjacent to an activating group) is 1. The van der Waals surface area contributed by atoms with Crippen LogP contribution in [0.3, 0.4) is 0 Å². The molecule has 0 saturated carbocycles. The van der Waals surface area contributed by atoms with Crippen LogP contribution in [0.15, 0.2) is 22.8 Å². The summed E-state index contributed by atoms with van der Waals surface area (Å²) in [7, 11) is 2.12. The van der Waals surface area contributed by atoms with Crippen molar-refractivity contribution in [1.29, 1.82) is 0 Å². The maximum atomic E-state index is 9.55. The van der Waals surface area contributed by atoms with E-state index in [0.717, 1.165) is 31.8 Å². The zero-order valence-corrected chi connectivity index (χ0v) is 10.7. The molecule has 0 aliphatic carbocycles. The normalized spacial score (nSPS) is 28.2. The van der Waals surface area contributed by atoms with Crippen molar-refractivity contribution in [2.75, 3.05) is 26.7 Å². The number of aliphatic hydroxyl groups is 1. The summed E-state index contributed by atoms with van der Waals surface area (Å²) in [6.45, 7) is 5.22. The minimum Gasteiger partial charge on any atom is -0.468 e. The van der Waals surface area contributed by atoms with Crippen LogP contribution in [0.25, 0.3) is 0 Å². The third kappa shape index (κ3) is 3.09. The summed E-state index contributed by atoms with van der Waals surface area (Å²) in [5, 5.41) is 9.55. The van der Waals surface area contributed by atoms with Crippen molar-refractivity contribution in [3.05, 3.63) is 24.2 Å². The second-order valence-corrected chi connectivity index (χ2v) is 4.99. The summed E-state index contributed by atoms with van der Waals surface area (Å²) in [4.78, 5) is 4.64. The van der Waals surface area contributed by atoms with Crippen LogP contribution in [0.4, 0.5) is 0 Å². The van der Waals surface area contributed by atoms with E-state index in [9.17, 15) is 5.11 Å². The minimum absolute atomic E-state index is 0.197. The van der Waals surface area contributed by atoms with Gasteiger partial charge in [0.05, 0.1) is 19.4 Å². The molecule has 1 N–H and O–H groups in total. The minimum atomic E-state index is 0.197. The zero-order valence-electron chi connectivity index (χ0n) is 10.7. The molecule has 1 aromatic rings. The lowest BCUT2D eigenvalue weighted by atomic mass is 10.1. The first-order chi connectivity index (χ1) is 8.20. The van der Waals surface area contributed by atoms with Crippen LogP contribution in [0.5, 0.6) is 0 Å². The Morgan fingerprint density at radius 2 is 2.35 bits per heavy atom. The van der Waals surface area contributed by atoms with Crippen LogP contribution in [-0.2, 0) is 6.54 Å². The van der Waals surface area contributed by atoms with Gasteiger partial charge in [-0.05, 0) is 39.1 Å². The van der Waals surface area contributed by atoms with Crippen molar-refractivity contribution in [3.63, 3.8) is 0 Å². The van der Waals surface area contributed by atoms with E-state index < -0.39 is 0 Å². The van der Waals surface area contributed by atoms with E-state index >= 15 is 0 Å². The lowest BCUT2D eigenvalue weighted by Crippen LogP contribution is -2.45. The van der Waals surface area contributed by atoms with Gasteiger partial charge in [-0.15, -0.1) is 0 Å². The first kappa shape index (κ1) is 12.6. The second-order valence-electron chi connectivity index (χ2n) is 4.99. The Bertz CT molecular complexity index is 326. The molecule has 2 atom stereocenters. The number of furan rings is 1. The van der Waals surface area contributed by atoms with Gasteiger partial charge in [0.15, 0.2) is 0 Å². The number of hydrogen-bond acceptors (Lipinski definition) is 4. The second kappa shape index (κ2) is 5.67. The molecule has 0 radical (unpaired) electrons. The molecule has 1 saturated heterocycles. The molecule has 0 amide bonds. The Morgan fingerprint density at radius 3 is 3.00 bits per heavy atom. The highest BCUT2D eigenvalue weighted by Gasteiger charge is 2.28. The molecule has 1 aliphatic heterocycles. The molecular formula is C13H22N2O2. The van der Waals surface area contributed by atoms with Crippen LogP contribution in [0, 0.1) is 0 Å². The molecule has 4 heteroatoms. The molecule has 96 valence electrons. The quantitative estimate of drug-likeness (QED) is 0.858. The van der Waals surface area contributed by atoms with E-state index in [2.05, 4.69) is 23.8 Å². The van der Waals surface area contributed by atoms with Crippen molar-refractivity contribution < 1.29 is 9.52 Å². The van der Waals surface area contributed by atoms with Gasteiger partial charge >= 0.3 is 0 Å². The van der Waals surface area contributed by atoms with Gasteiger partial charge in [0.2, 0.25) is 0 Å². The molecule has 1 aliphatic rings. The highest BCUT2D eigenvalue weighted by Crippen LogP contribution is 2.18. The van der Waals surface area contributed by atoms with Crippen LogP contribution in [0.2, 0.25) is 0 Å². The summed E-state index contributed by atoms with van der Waals surface area (Å²) in [6.07, 6.45) is 2.84.